The van der Waals surface area contributed by atoms with Crippen LogP contribution in [0.25, 0.3) is 0 Å². The summed E-state index contributed by atoms with van der Waals surface area (Å²) < 4.78 is 0. The van der Waals surface area contributed by atoms with Crippen LogP contribution in [0, 0.1) is 0 Å². The van der Waals surface area contributed by atoms with Crippen molar-refractivity contribution in [3.05, 3.63) is 48.0 Å². The van der Waals surface area contributed by atoms with Gasteiger partial charge < -0.3 is 5.11 Å². The lowest BCUT2D eigenvalue weighted by Gasteiger charge is -2.19. The monoisotopic (exact) mass is 204 g/mol. The molecule has 1 nitrogen and oxygen atoms in total. The molecule has 0 aliphatic rings. The van der Waals surface area contributed by atoms with Crippen LogP contribution in [0.5, 0.6) is 0 Å². The van der Waals surface area contributed by atoms with Gasteiger partial charge in [-0.15, -0.1) is 0 Å². The van der Waals surface area contributed by atoms with Crippen molar-refractivity contribution in [3.63, 3.8) is 0 Å². The zero-order chi connectivity index (χ0) is 11.1. The molecule has 0 amide bonds. The summed E-state index contributed by atoms with van der Waals surface area (Å²) in [5.41, 5.74) is 0.104. The van der Waals surface area contributed by atoms with Crippen LogP contribution in [-0.2, 0) is 5.60 Å². The van der Waals surface area contributed by atoms with E-state index in [2.05, 4.69) is 13.0 Å². The van der Waals surface area contributed by atoms with Gasteiger partial charge in [-0.25, -0.2) is 0 Å². The molecule has 1 rings (SSSR count). The molecule has 0 saturated heterocycles. The van der Waals surface area contributed by atoms with Crippen LogP contribution in [0.15, 0.2) is 42.5 Å². The maximum absolute atomic E-state index is 10.2. The second-order valence-corrected chi connectivity index (χ2v) is 4.06. The van der Waals surface area contributed by atoms with Gasteiger partial charge in [-0.1, -0.05) is 62.2 Å². The molecule has 0 heterocycles. The third kappa shape index (κ3) is 3.88. The lowest BCUT2D eigenvalue weighted by Crippen LogP contribution is -2.17. The highest BCUT2D eigenvalue weighted by Crippen LogP contribution is 2.21. The molecule has 0 saturated carbocycles. The molecule has 1 atom stereocenters. The van der Waals surface area contributed by atoms with Crippen molar-refractivity contribution < 1.29 is 5.11 Å². The predicted octanol–water partition coefficient (Wildman–Crippen LogP) is 3.64. The minimum absolute atomic E-state index is 0.838. The smallest absolute Gasteiger partial charge is 0.105 e. The van der Waals surface area contributed by atoms with E-state index in [1.165, 1.54) is 12.8 Å². The molecular formula is C14H20O. The summed E-state index contributed by atoms with van der Waals surface area (Å²) >= 11 is 0. The first-order chi connectivity index (χ1) is 7.17. The van der Waals surface area contributed by atoms with Crippen LogP contribution >= 0.6 is 0 Å². The quantitative estimate of drug-likeness (QED) is 0.573. The summed E-state index contributed by atoms with van der Waals surface area (Å²) in [5.74, 6) is 0. The molecular weight excluding hydrogens is 184 g/mol. The first kappa shape index (κ1) is 12.0. The van der Waals surface area contributed by atoms with E-state index in [9.17, 15) is 5.11 Å². The Hall–Kier alpha value is -1.08. The van der Waals surface area contributed by atoms with E-state index < -0.39 is 5.60 Å². The molecule has 0 spiro atoms. The number of rotatable bonds is 5. The molecule has 1 aromatic rings. The summed E-state index contributed by atoms with van der Waals surface area (Å²) in [7, 11) is 0. The molecule has 15 heavy (non-hydrogen) atoms. The van der Waals surface area contributed by atoms with Gasteiger partial charge in [0.05, 0.1) is 0 Å². The van der Waals surface area contributed by atoms with E-state index in [1.807, 2.05) is 43.3 Å². The molecule has 0 aliphatic heterocycles. The zero-order valence-corrected chi connectivity index (χ0v) is 9.61. The molecule has 0 aliphatic carbocycles. The lowest BCUT2D eigenvalue weighted by molar-refractivity contribution is 0.111. The van der Waals surface area contributed by atoms with Gasteiger partial charge in [-0.05, 0) is 18.9 Å². The number of hydrogen-bond acceptors (Lipinski definition) is 1. The highest BCUT2D eigenvalue weighted by Gasteiger charge is 2.17. The minimum atomic E-state index is -0.838. The first-order valence-electron chi connectivity index (χ1n) is 5.62. The third-order valence-electron chi connectivity index (χ3n) is 2.52. The van der Waals surface area contributed by atoms with Gasteiger partial charge in [-0.3, -0.25) is 0 Å². The maximum atomic E-state index is 10.2. The van der Waals surface area contributed by atoms with Crippen LogP contribution in [0.3, 0.4) is 0 Å². The molecule has 0 aromatic heterocycles. The second-order valence-electron chi connectivity index (χ2n) is 4.06. The van der Waals surface area contributed by atoms with Gasteiger partial charge in [0.25, 0.3) is 0 Å². The lowest BCUT2D eigenvalue weighted by atomic mass is 9.95. The van der Waals surface area contributed by atoms with Crippen molar-refractivity contribution in [2.24, 2.45) is 0 Å². The van der Waals surface area contributed by atoms with Crippen LogP contribution in [0.1, 0.15) is 38.7 Å². The van der Waals surface area contributed by atoms with Gasteiger partial charge >= 0.3 is 0 Å². The van der Waals surface area contributed by atoms with Crippen LogP contribution in [-0.4, -0.2) is 5.11 Å². The number of hydrogen-bond donors (Lipinski definition) is 1. The Morgan fingerprint density at radius 3 is 2.53 bits per heavy atom. The van der Waals surface area contributed by atoms with Crippen molar-refractivity contribution >= 4 is 0 Å². The highest BCUT2D eigenvalue weighted by molar-refractivity contribution is 5.25. The Labute approximate surface area is 92.5 Å². The normalized spacial score (nSPS) is 15.4. The van der Waals surface area contributed by atoms with Gasteiger partial charge in [-0.2, -0.15) is 0 Å². The van der Waals surface area contributed by atoms with Crippen molar-refractivity contribution in [1.82, 2.24) is 0 Å². The minimum Gasteiger partial charge on any atom is -0.381 e. The SMILES string of the molecule is CCCC/C=C/[C@](C)(O)c1ccccc1. The van der Waals surface area contributed by atoms with Crippen LogP contribution in [0.2, 0.25) is 0 Å². The van der Waals surface area contributed by atoms with Crippen molar-refractivity contribution in [1.29, 1.82) is 0 Å². The van der Waals surface area contributed by atoms with Crippen LogP contribution < -0.4 is 0 Å². The fourth-order valence-corrected chi connectivity index (χ4v) is 1.51. The van der Waals surface area contributed by atoms with E-state index >= 15 is 0 Å². The Bertz CT molecular complexity index is 298. The summed E-state index contributed by atoms with van der Waals surface area (Å²) in [6.07, 6.45) is 7.37. The predicted molar refractivity (Wildman–Crippen MR) is 64.7 cm³/mol. The van der Waals surface area contributed by atoms with Gasteiger partial charge in [0.15, 0.2) is 0 Å². The fraction of sp³-hybridized carbons (Fsp3) is 0.429. The maximum Gasteiger partial charge on any atom is 0.105 e. The van der Waals surface area contributed by atoms with Crippen LogP contribution in [0.4, 0.5) is 0 Å². The number of unbranched alkanes of at least 4 members (excludes halogenated alkanes) is 2. The summed E-state index contributed by atoms with van der Waals surface area (Å²) in [6, 6.07) is 9.75. The average molecular weight is 204 g/mol. The summed E-state index contributed by atoms with van der Waals surface area (Å²) in [5, 5.41) is 10.2. The van der Waals surface area contributed by atoms with E-state index in [-0.39, 0.29) is 0 Å². The molecule has 0 radical (unpaired) electrons. The van der Waals surface area contributed by atoms with E-state index in [0.717, 1.165) is 12.0 Å². The molecule has 0 bridgehead atoms. The topological polar surface area (TPSA) is 20.2 Å². The Kier molecular flexibility index (Phi) is 4.57. The summed E-state index contributed by atoms with van der Waals surface area (Å²) in [6.45, 7) is 3.99. The fourth-order valence-electron chi connectivity index (χ4n) is 1.51. The second kappa shape index (κ2) is 5.72. The molecule has 0 fully saturated rings. The van der Waals surface area contributed by atoms with E-state index in [4.69, 9.17) is 0 Å². The number of allylic oxidation sites excluding steroid dienone is 1. The summed E-state index contributed by atoms with van der Waals surface area (Å²) in [4.78, 5) is 0. The van der Waals surface area contributed by atoms with Gasteiger partial charge in [0.2, 0.25) is 0 Å². The highest BCUT2D eigenvalue weighted by atomic mass is 16.3. The van der Waals surface area contributed by atoms with E-state index in [1.54, 1.807) is 0 Å². The average Bonchev–Trinajstić information content (AvgIpc) is 2.26. The standard InChI is InChI=1S/C14H20O/c1-3-4-5-9-12-14(2,15)13-10-7-6-8-11-13/h6-12,15H,3-5H2,1-2H3/b12-9+/t14-/m0/s1. The van der Waals surface area contributed by atoms with Crippen molar-refractivity contribution in [3.8, 4) is 0 Å². The zero-order valence-electron chi connectivity index (χ0n) is 9.61. The molecule has 1 aromatic carbocycles. The Balaban J connectivity index is 2.63. The molecule has 0 unspecified atom stereocenters. The Morgan fingerprint density at radius 1 is 1.27 bits per heavy atom. The molecule has 1 N–H and O–H groups in total. The van der Waals surface area contributed by atoms with Gasteiger partial charge in [0.1, 0.15) is 5.60 Å². The third-order valence-corrected chi connectivity index (χ3v) is 2.52. The van der Waals surface area contributed by atoms with Crippen molar-refractivity contribution in [2.45, 2.75) is 38.7 Å². The number of aliphatic hydroxyl groups is 1. The van der Waals surface area contributed by atoms with E-state index in [0.29, 0.717) is 0 Å². The van der Waals surface area contributed by atoms with Gasteiger partial charge in [0, 0.05) is 0 Å². The number of benzene rings is 1. The first-order valence-corrected chi connectivity index (χ1v) is 5.62. The Morgan fingerprint density at radius 2 is 1.93 bits per heavy atom. The molecule has 1 heteroatoms. The molecule has 82 valence electrons. The largest absolute Gasteiger partial charge is 0.381 e. The van der Waals surface area contributed by atoms with Crippen molar-refractivity contribution in [2.75, 3.05) is 0 Å².